The first kappa shape index (κ1) is 16.2. The number of hydrogen-bond donors (Lipinski definition) is 0. The fraction of sp³-hybridized carbons (Fsp3) is 0.533. The van der Waals surface area contributed by atoms with Gasteiger partial charge in [0.25, 0.3) is 0 Å². The summed E-state index contributed by atoms with van der Waals surface area (Å²) >= 11 is 3.05. The Morgan fingerprint density at radius 1 is 1.33 bits per heavy atom. The van der Waals surface area contributed by atoms with E-state index in [1.807, 2.05) is 0 Å². The minimum atomic E-state index is -0.623. The van der Waals surface area contributed by atoms with Gasteiger partial charge < -0.3 is 9.64 Å². The van der Waals surface area contributed by atoms with Gasteiger partial charge in [0.05, 0.1) is 11.0 Å². The van der Waals surface area contributed by atoms with Crippen molar-refractivity contribution in [1.29, 1.82) is 0 Å². The van der Waals surface area contributed by atoms with Crippen LogP contribution in [-0.4, -0.2) is 22.6 Å². The largest absolute Gasteiger partial charge is 0.444 e. The van der Waals surface area contributed by atoms with E-state index < -0.39 is 23.3 Å². The number of halogens is 3. The molecule has 1 aromatic carbocycles. The van der Waals surface area contributed by atoms with Crippen LogP contribution in [-0.2, 0) is 11.3 Å². The van der Waals surface area contributed by atoms with Gasteiger partial charge in [-0.2, -0.15) is 0 Å². The highest BCUT2D eigenvalue weighted by molar-refractivity contribution is 9.10. The monoisotopic (exact) mass is 361 g/mol. The third-order valence-corrected chi connectivity index (χ3v) is 3.94. The van der Waals surface area contributed by atoms with Gasteiger partial charge >= 0.3 is 6.09 Å². The van der Waals surface area contributed by atoms with Crippen LogP contribution < -0.4 is 0 Å². The van der Waals surface area contributed by atoms with Crippen LogP contribution >= 0.6 is 15.9 Å². The van der Waals surface area contributed by atoms with Crippen molar-refractivity contribution in [2.75, 3.05) is 0 Å². The number of rotatable bonds is 3. The molecule has 0 aliphatic heterocycles. The molecule has 0 unspecified atom stereocenters. The van der Waals surface area contributed by atoms with Crippen LogP contribution in [0.2, 0.25) is 0 Å². The Balaban J connectivity index is 2.22. The van der Waals surface area contributed by atoms with E-state index in [1.54, 1.807) is 20.8 Å². The van der Waals surface area contributed by atoms with Crippen molar-refractivity contribution >= 4 is 22.0 Å². The summed E-state index contributed by atoms with van der Waals surface area (Å²) in [7, 11) is 0. The van der Waals surface area contributed by atoms with Crippen molar-refractivity contribution in [2.24, 2.45) is 0 Å². The second kappa shape index (κ2) is 5.91. The summed E-state index contributed by atoms with van der Waals surface area (Å²) in [6, 6.07) is 2.16. The van der Waals surface area contributed by atoms with E-state index in [9.17, 15) is 13.6 Å². The van der Waals surface area contributed by atoms with Gasteiger partial charge in [0.2, 0.25) is 0 Å². The molecule has 1 saturated carbocycles. The maximum atomic E-state index is 13.9. The van der Waals surface area contributed by atoms with Crippen molar-refractivity contribution in [2.45, 2.75) is 51.8 Å². The molecule has 3 nitrogen and oxygen atoms in total. The summed E-state index contributed by atoms with van der Waals surface area (Å²) in [5.41, 5.74) is -0.491. The van der Waals surface area contributed by atoms with Gasteiger partial charge in [-0.25, -0.2) is 13.6 Å². The number of benzene rings is 1. The summed E-state index contributed by atoms with van der Waals surface area (Å²) in [6.45, 7) is 5.31. The molecule has 1 fully saturated rings. The molecule has 21 heavy (non-hydrogen) atoms. The first-order valence-corrected chi connectivity index (χ1v) is 7.60. The smallest absolute Gasteiger partial charge is 0.410 e. The number of nitrogens with zero attached hydrogens (tertiary/aromatic N) is 1. The molecule has 0 spiro atoms. The number of carbonyl (C=O) groups is 1. The molecule has 0 radical (unpaired) electrons. The zero-order valence-electron chi connectivity index (χ0n) is 12.3. The second-order valence-corrected chi connectivity index (χ2v) is 6.95. The maximum Gasteiger partial charge on any atom is 0.410 e. The highest BCUT2D eigenvalue weighted by atomic mass is 79.9. The van der Waals surface area contributed by atoms with Gasteiger partial charge in [-0.1, -0.05) is 0 Å². The van der Waals surface area contributed by atoms with Crippen molar-refractivity contribution in [1.82, 2.24) is 4.90 Å². The van der Waals surface area contributed by atoms with Crippen molar-refractivity contribution in [3.63, 3.8) is 0 Å². The van der Waals surface area contributed by atoms with Crippen LogP contribution in [0.25, 0.3) is 0 Å². The van der Waals surface area contributed by atoms with Crippen LogP contribution in [0, 0.1) is 11.6 Å². The van der Waals surface area contributed by atoms with Crippen LogP contribution in [0.15, 0.2) is 16.6 Å². The predicted octanol–water partition coefficient (Wildman–Crippen LogP) is 4.63. The van der Waals surface area contributed by atoms with E-state index in [0.717, 1.165) is 25.0 Å². The van der Waals surface area contributed by atoms with Gasteiger partial charge in [-0.05, 0) is 61.7 Å². The SMILES string of the molecule is CC(C)(C)OC(=O)N(Cc1c(F)ccc(F)c1Br)C1CC1. The van der Waals surface area contributed by atoms with E-state index in [4.69, 9.17) is 4.74 Å². The van der Waals surface area contributed by atoms with Crippen LogP contribution in [0.1, 0.15) is 39.2 Å². The van der Waals surface area contributed by atoms with E-state index in [-0.39, 0.29) is 22.6 Å². The summed E-state index contributed by atoms with van der Waals surface area (Å²) in [5.74, 6) is -1.09. The quantitative estimate of drug-likeness (QED) is 0.734. The van der Waals surface area contributed by atoms with E-state index in [1.165, 1.54) is 4.90 Å². The highest BCUT2D eigenvalue weighted by Gasteiger charge is 2.36. The Morgan fingerprint density at radius 3 is 2.43 bits per heavy atom. The third kappa shape index (κ3) is 4.15. The average Bonchev–Trinajstić information content (AvgIpc) is 3.16. The van der Waals surface area contributed by atoms with Gasteiger partial charge in [-0.3, -0.25) is 0 Å². The predicted molar refractivity (Wildman–Crippen MR) is 78.9 cm³/mol. The van der Waals surface area contributed by atoms with E-state index in [0.29, 0.717) is 0 Å². The maximum absolute atomic E-state index is 13.9. The zero-order chi connectivity index (χ0) is 15.8. The fourth-order valence-corrected chi connectivity index (χ4v) is 2.38. The topological polar surface area (TPSA) is 29.5 Å². The van der Waals surface area contributed by atoms with E-state index in [2.05, 4.69) is 15.9 Å². The Kier molecular flexibility index (Phi) is 4.56. The summed E-state index contributed by atoms with van der Waals surface area (Å²) < 4.78 is 32.8. The van der Waals surface area contributed by atoms with Crippen LogP contribution in [0.3, 0.4) is 0 Å². The standard InChI is InChI=1S/C15H18BrF2NO2/c1-15(2,3)21-14(20)19(9-4-5-9)8-10-11(17)6-7-12(18)13(10)16/h6-7,9H,4-5,8H2,1-3H3. The molecule has 1 aromatic rings. The lowest BCUT2D eigenvalue weighted by molar-refractivity contribution is 0.0214. The number of amides is 1. The molecule has 1 aliphatic carbocycles. The lowest BCUT2D eigenvalue weighted by Crippen LogP contribution is -2.38. The van der Waals surface area contributed by atoms with Crippen molar-refractivity contribution < 1.29 is 18.3 Å². The molecule has 2 rings (SSSR count). The average molecular weight is 362 g/mol. The molecular formula is C15H18BrF2NO2. The molecule has 0 heterocycles. The molecule has 0 atom stereocenters. The fourth-order valence-electron chi connectivity index (χ4n) is 1.93. The minimum Gasteiger partial charge on any atom is -0.444 e. The molecular weight excluding hydrogens is 344 g/mol. The lowest BCUT2D eigenvalue weighted by Gasteiger charge is -2.28. The molecule has 1 amide bonds. The lowest BCUT2D eigenvalue weighted by atomic mass is 10.2. The molecule has 0 bridgehead atoms. The van der Waals surface area contributed by atoms with E-state index >= 15 is 0 Å². The van der Waals surface area contributed by atoms with Crippen molar-refractivity contribution in [3.8, 4) is 0 Å². The highest BCUT2D eigenvalue weighted by Crippen LogP contribution is 2.32. The summed E-state index contributed by atoms with van der Waals surface area (Å²) in [4.78, 5) is 13.7. The molecule has 116 valence electrons. The Labute approximate surface area is 131 Å². The molecule has 0 saturated heterocycles. The number of carbonyl (C=O) groups excluding carboxylic acids is 1. The van der Waals surface area contributed by atoms with Crippen LogP contribution in [0.4, 0.5) is 13.6 Å². The normalized spacial score (nSPS) is 15.0. The second-order valence-electron chi connectivity index (χ2n) is 6.16. The van der Waals surface area contributed by atoms with Gasteiger partial charge in [0.15, 0.2) is 0 Å². The molecule has 0 aromatic heterocycles. The van der Waals surface area contributed by atoms with Gasteiger partial charge in [0, 0.05) is 11.6 Å². The molecule has 6 heteroatoms. The Bertz CT molecular complexity index is 553. The summed E-state index contributed by atoms with van der Waals surface area (Å²) in [5, 5.41) is 0. The summed E-state index contributed by atoms with van der Waals surface area (Å²) in [6.07, 6.45) is 1.21. The van der Waals surface area contributed by atoms with Crippen LogP contribution in [0.5, 0.6) is 0 Å². The number of ether oxygens (including phenoxy) is 1. The minimum absolute atomic E-state index is 0.0102. The molecule has 1 aliphatic rings. The number of hydrogen-bond acceptors (Lipinski definition) is 2. The first-order valence-electron chi connectivity index (χ1n) is 6.81. The van der Waals surface area contributed by atoms with Gasteiger partial charge in [-0.15, -0.1) is 0 Å². The first-order chi connectivity index (χ1) is 9.69. The van der Waals surface area contributed by atoms with Gasteiger partial charge in [0.1, 0.15) is 17.2 Å². The molecule has 0 N–H and O–H groups in total. The zero-order valence-corrected chi connectivity index (χ0v) is 13.8. The Hall–Kier alpha value is -1.17. The van der Waals surface area contributed by atoms with Crippen molar-refractivity contribution in [3.05, 3.63) is 33.8 Å². The Morgan fingerprint density at radius 2 is 1.90 bits per heavy atom. The third-order valence-electron chi connectivity index (χ3n) is 3.08.